The van der Waals surface area contributed by atoms with Gasteiger partial charge in [0.1, 0.15) is 9.84 Å². The molecule has 1 aliphatic heterocycles. The maximum atomic E-state index is 11.0. The highest BCUT2D eigenvalue weighted by Crippen LogP contribution is 2.32. The number of ether oxygens (including phenoxy) is 3. The summed E-state index contributed by atoms with van der Waals surface area (Å²) < 4.78 is 38.6. The molecule has 0 bridgehead atoms. The van der Waals surface area contributed by atoms with Crippen LogP contribution in [0.4, 0.5) is 5.69 Å². The van der Waals surface area contributed by atoms with Crippen LogP contribution in [0.3, 0.4) is 0 Å². The van der Waals surface area contributed by atoms with Crippen molar-refractivity contribution in [1.29, 1.82) is 0 Å². The second-order valence-corrected chi connectivity index (χ2v) is 7.84. The van der Waals surface area contributed by atoms with Gasteiger partial charge in [0.2, 0.25) is 0 Å². The topological polar surface area (TPSA) is 98.3 Å². The normalized spacial score (nSPS) is 14.7. The Hall–Kier alpha value is -2.00. The van der Waals surface area contributed by atoms with E-state index in [1.54, 1.807) is 7.05 Å². The predicted octanol–water partition coefficient (Wildman–Crippen LogP) is 0.896. The van der Waals surface area contributed by atoms with Crippen LogP contribution in [0.15, 0.2) is 23.2 Å². The Kier molecular flexibility index (Phi) is 7.32. The largest absolute Gasteiger partial charge is 0.490 e. The molecule has 8 nitrogen and oxygen atoms in total. The van der Waals surface area contributed by atoms with Crippen LogP contribution in [0.2, 0.25) is 0 Å². The zero-order valence-electron chi connectivity index (χ0n) is 14.6. The first kappa shape index (κ1) is 19.3. The van der Waals surface area contributed by atoms with Crippen molar-refractivity contribution in [2.75, 3.05) is 57.3 Å². The van der Waals surface area contributed by atoms with Gasteiger partial charge in [-0.2, -0.15) is 0 Å². The number of hydrogen-bond acceptors (Lipinski definition) is 6. The molecule has 9 heteroatoms. The van der Waals surface area contributed by atoms with E-state index in [2.05, 4.69) is 15.6 Å². The van der Waals surface area contributed by atoms with Crippen LogP contribution in [0.25, 0.3) is 0 Å². The Morgan fingerprint density at radius 2 is 2.00 bits per heavy atom. The van der Waals surface area contributed by atoms with E-state index in [1.165, 1.54) is 6.26 Å². The summed E-state index contributed by atoms with van der Waals surface area (Å²) in [5.74, 6) is 2.06. The molecular formula is C16H25N3O5S. The number of rotatable bonds is 7. The zero-order valence-corrected chi connectivity index (χ0v) is 15.4. The first-order chi connectivity index (χ1) is 12.0. The fraction of sp³-hybridized carbons (Fsp3) is 0.562. The van der Waals surface area contributed by atoms with Gasteiger partial charge in [0.05, 0.1) is 32.2 Å². The van der Waals surface area contributed by atoms with Gasteiger partial charge >= 0.3 is 0 Å². The van der Waals surface area contributed by atoms with Gasteiger partial charge in [0.15, 0.2) is 17.5 Å². The molecule has 0 unspecified atom stereocenters. The lowest BCUT2D eigenvalue weighted by molar-refractivity contribution is 0.154. The fourth-order valence-electron chi connectivity index (χ4n) is 2.11. The van der Waals surface area contributed by atoms with Crippen molar-refractivity contribution in [2.24, 2.45) is 4.99 Å². The number of benzene rings is 1. The minimum absolute atomic E-state index is 0.0250. The Labute approximate surface area is 148 Å². The third-order valence-corrected chi connectivity index (χ3v) is 4.28. The third-order valence-electron chi connectivity index (χ3n) is 3.37. The van der Waals surface area contributed by atoms with Crippen LogP contribution >= 0.6 is 0 Å². The van der Waals surface area contributed by atoms with Crippen LogP contribution in [0.1, 0.15) is 6.42 Å². The predicted molar refractivity (Wildman–Crippen MR) is 97.6 cm³/mol. The van der Waals surface area contributed by atoms with E-state index in [0.29, 0.717) is 38.1 Å². The van der Waals surface area contributed by atoms with Gasteiger partial charge in [-0.3, -0.25) is 4.99 Å². The van der Waals surface area contributed by atoms with E-state index in [1.807, 2.05) is 18.2 Å². The summed E-state index contributed by atoms with van der Waals surface area (Å²) in [6, 6.07) is 5.63. The van der Waals surface area contributed by atoms with Crippen LogP contribution < -0.4 is 20.1 Å². The van der Waals surface area contributed by atoms with Gasteiger partial charge < -0.3 is 24.8 Å². The lowest BCUT2D eigenvalue weighted by Crippen LogP contribution is -2.33. The molecule has 0 atom stereocenters. The number of hydrogen-bond donors (Lipinski definition) is 2. The van der Waals surface area contributed by atoms with Crippen LogP contribution in [0.5, 0.6) is 11.5 Å². The molecule has 2 N–H and O–H groups in total. The summed E-state index contributed by atoms with van der Waals surface area (Å²) in [7, 11) is -1.32. The minimum atomic E-state index is -2.99. The Morgan fingerprint density at radius 3 is 2.72 bits per heavy atom. The summed E-state index contributed by atoms with van der Waals surface area (Å²) >= 11 is 0. The molecule has 0 radical (unpaired) electrons. The van der Waals surface area contributed by atoms with Crippen molar-refractivity contribution in [3.8, 4) is 11.5 Å². The molecule has 1 heterocycles. The average molecular weight is 371 g/mol. The molecule has 2 rings (SSSR count). The molecule has 0 amide bonds. The smallest absolute Gasteiger partial charge is 0.195 e. The Bertz CT molecular complexity index is 691. The van der Waals surface area contributed by atoms with Crippen molar-refractivity contribution in [1.82, 2.24) is 5.32 Å². The summed E-state index contributed by atoms with van der Waals surface area (Å²) in [4.78, 5) is 4.14. The molecule has 1 aliphatic rings. The molecule has 0 saturated carbocycles. The summed E-state index contributed by atoms with van der Waals surface area (Å²) in [6.07, 6.45) is 2.05. The van der Waals surface area contributed by atoms with Crippen molar-refractivity contribution in [2.45, 2.75) is 6.42 Å². The van der Waals surface area contributed by atoms with Gasteiger partial charge in [-0.05, 0) is 12.1 Å². The number of nitrogens with zero attached hydrogens (tertiary/aromatic N) is 1. The standard InChI is InChI=1S/C16H25N3O5S/c1-17-16(18-6-9-22-10-11-25(2,20)21)19-13-4-5-14-15(12-13)24-8-3-7-23-14/h4-5,12H,3,6-11H2,1-2H3,(H2,17,18,19). The lowest BCUT2D eigenvalue weighted by Gasteiger charge is -2.14. The zero-order chi connectivity index (χ0) is 18.1. The number of anilines is 1. The van der Waals surface area contributed by atoms with E-state index in [-0.39, 0.29) is 12.4 Å². The Morgan fingerprint density at radius 1 is 1.24 bits per heavy atom. The summed E-state index contributed by atoms with van der Waals surface area (Å²) in [5.41, 5.74) is 0.829. The maximum Gasteiger partial charge on any atom is 0.195 e. The van der Waals surface area contributed by atoms with Crippen molar-refractivity contribution >= 4 is 21.5 Å². The highest BCUT2D eigenvalue weighted by atomic mass is 32.2. The fourth-order valence-corrected chi connectivity index (χ4v) is 2.53. The number of aliphatic imine (C=N–C) groups is 1. The number of sulfone groups is 1. The van der Waals surface area contributed by atoms with Crippen molar-refractivity contribution < 1.29 is 22.6 Å². The van der Waals surface area contributed by atoms with E-state index in [4.69, 9.17) is 14.2 Å². The van der Waals surface area contributed by atoms with Crippen LogP contribution in [-0.2, 0) is 14.6 Å². The minimum Gasteiger partial charge on any atom is -0.490 e. The molecule has 1 aromatic carbocycles. The second-order valence-electron chi connectivity index (χ2n) is 5.58. The van der Waals surface area contributed by atoms with Crippen LogP contribution in [-0.4, -0.2) is 66.4 Å². The highest BCUT2D eigenvalue weighted by Gasteiger charge is 2.11. The third kappa shape index (κ3) is 7.18. The molecule has 25 heavy (non-hydrogen) atoms. The molecular weight excluding hydrogens is 346 g/mol. The molecule has 0 aliphatic carbocycles. The first-order valence-electron chi connectivity index (χ1n) is 8.11. The molecule has 0 fully saturated rings. The highest BCUT2D eigenvalue weighted by molar-refractivity contribution is 7.90. The second kappa shape index (κ2) is 9.47. The molecule has 0 spiro atoms. The molecule has 140 valence electrons. The van der Waals surface area contributed by atoms with E-state index in [0.717, 1.165) is 17.9 Å². The Balaban J connectivity index is 1.77. The molecule has 1 aromatic rings. The lowest BCUT2D eigenvalue weighted by atomic mass is 10.3. The number of guanidine groups is 1. The van der Waals surface area contributed by atoms with Gasteiger partial charge in [-0.1, -0.05) is 0 Å². The summed E-state index contributed by atoms with van der Waals surface area (Å²) in [6.45, 7) is 2.37. The van der Waals surface area contributed by atoms with Gasteiger partial charge in [-0.25, -0.2) is 8.42 Å². The SMILES string of the molecule is CN=C(NCCOCCS(C)(=O)=O)Nc1ccc2c(c1)OCCCO2. The van der Waals surface area contributed by atoms with Gasteiger partial charge in [0.25, 0.3) is 0 Å². The average Bonchev–Trinajstić information content (AvgIpc) is 2.80. The summed E-state index contributed by atoms with van der Waals surface area (Å²) in [5, 5.41) is 6.27. The molecule has 0 saturated heterocycles. The van der Waals surface area contributed by atoms with Crippen molar-refractivity contribution in [3.63, 3.8) is 0 Å². The number of nitrogens with one attached hydrogen (secondary N) is 2. The van der Waals surface area contributed by atoms with Gasteiger partial charge in [-0.15, -0.1) is 0 Å². The van der Waals surface area contributed by atoms with E-state index < -0.39 is 9.84 Å². The van der Waals surface area contributed by atoms with E-state index >= 15 is 0 Å². The van der Waals surface area contributed by atoms with Crippen molar-refractivity contribution in [3.05, 3.63) is 18.2 Å². The first-order valence-corrected chi connectivity index (χ1v) is 10.2. The van der Waals surface area contributed by atoms with Gasteiger partial charge in [0, 0.05) is 38.0 Å². The molecule has 0 aromatic heterocycles. The maximum absolute atomic E-state index is 11.0. The monoisotopic (exact) mass is 371 g/mol. The number of fused-ring (bicyclic) bond motifs is 1. The van der Waals surface area contributed by atoms with Crippen LogP contribution in [0, 0.1) is 0 Å². The van der Waals surface area contributed by atoms with E-state index in [9.17, 15) is 8.42 Å². The quantitative estimate of drug-likeness (QED) is 0.417.